The highest BCUT2D eigenvalue weighted by molar-refractivity contribution is 7.99. The molecule has 0 radical (unpaired) electrons. The van der Waals surface area contributed by atoms with Gasteiger partial charge in [0, 0.05) is 0 Å². The zero-order chi connectivity index (χ0) is 19.0. The number of tetrazole rings is 2. The van der Waals surface area contributed by atoms with Crippen molar-refractivity contribution in [3.05, 3.63) is 60.7 Å². The molecular formula is C18H14N8S2. The zero-order valence-corrected chi connectivity index (χ0v) is 16.2. The van der Waals surface area contributed by atoms with Crippen LogP contribution in [-0.4, -0.2) is 51.9 Å². The van der Waals surface area contributed by atoms with E-state index in [1.165, 1.54) is 33.1 Å². The Hall–Kier alpha value is -3.16. The third kappa shape index (κ3) is 4.76. The molecule has 0 N–H and O–H groups in total. The molecule has 0 amide bonds. The fourth-order valence-corrected chi connectivity index (χ4v) is 3.23. The van der Waals surface area contributed by atoms with Crippen LogP contribution in [0.4, 0.5) is 0 Å². The van der Waals surface area contributed by atoms with Gasteiger partial charge >= 0.3 is 0 Å². The molecule has 0 fully saturated rings. The summed E-state index contributed by atoms with van der Waals surface area (Å²) in [7, 11) is 0. The fourth-order valence-electron chi connectivity index (χ4n) is 2.16. The highest BCUT2D eigenvalue weighted by Crippen LogP contribution is 2.13. The Labute approximate surface area is 169 Å². The van der Waals surface area contributed by atoms with Crippen molar-refractivity contribution in [3.8, 4) is 23.2 Å². The quantitative estimate of drug-likeness (QED) is 0.357. The summed E-state index contributed by atoms with van der Waals surface area (Å²) in [6.45, 7) is 0. The van der Waals surface area contributed by atoms with E-state index in [0.29, 0.717) is 21.8 Å². The molecule has 0 atom stereocenters. The number of hydrogen-bond donors (Lipinski definition) is 0. The Kier molecular flexibility index (Phi) is 5.96. The van der Waals surface area contributed by atoms with Crippen LogP contribution in [0, 0.1) is 11.8 Å². The molecule has 4 aromatic rings. The second-order valence-electron chi connectivity index (χ2n) is 5.32. The summed E-state index contributed by atoms with van der Waals surface area (Å²) in [5.74, 6) is 7.34. The van der Waals surface area contributed by atoms with E-state index in [9.17, 15) is 0 Å². The fraction of sp³-hybridized carbons (Fsp3) is 0.111. The third-order valence-electron chi connectivity index (χ3n) is 3.44. The normalized spacial score (nSPS) is 10.4. The molecule has 0 aliphatic carbocycles. The second kappa shape index (κ2) is 9.16. The van der Waals surface area contributed by atoms with Gasteiger partial charge < -0.3 is 0 Å². The summed E-state index contributed by atoms with van der Waals surface area (Å²) in [4.78, 5) is 3.01. The average Bonchev–Trinajstić information content (AvgIpc) is 3.42. The van der Waals surface area contributed by atoms with Crippen molar-refractivity contribution in [2.24, 2.45) is 0 Å². The lowest BCUT2D eigenvalue weighted by Crippen LogP contribution is -1.98. The van der Waals surface area contributed by atoms with E-state index < -0.39 is 0 Å². The average molecular weight is 407 g/mol. The molecule has 0 unspecified atom stereocenters. The lowest BCUT2D eigenvalue weighted by Gasteiger charge is -1.95. The largest absolute Gasteiger partial charge is 0.232 e. The van der Waals surface area contributed by atoms with Crippen LogP contribution in [0.25, 0.3) is 11.4 Å². The van der Waals surface area contributed by atoms with Crippen molar-refractivity contribution < 1.29 is 0 Å². The zero-order valence-electron chi connectivity index (χ0n) is 14.6. The van der Waals surface area contributed by atoms with Gasteiger partial charge in [-0.2, -0.15) is 0 Å². The molecular weight excluding hydrogens is 392 g/mol. The molecule has 4 rings (SSSR count). The molecule has 8 nitrogen and oxygen atoms in total. The maximum absolute atomic E-state index is 4.33. The Morgan fingerprint density at radius 1 is 0.643 bits per heavy atom. The van der Waals surface area contributed by atoms with Crippen molar-refractivity contribution in [2.45, 2.75) is 10.3 Å². The van der Waals surface area contributed by atoms with E-state index in [-0.39, 0.29) is 0 Å². The molecule has 0 saturated carbocycles. The number of para-hydroxylation sites is 2. The molecule has 0 bridgehead atoms. The lowest BCUT2D eigenvalue weighted by molar-refractivity contribution is 0.717. The molecule has 28 heavy (non-hydrogen) atoms. The Balaban J connectivity index is 1.23. The molecule has 0 spiro atoms. The summed E-state index contributed by atoms with van der Waals surface area (Å²) in [5, 5.41) is 26.0. The molecule has 0 aliphatic heterocycles. The van der Waals surface area contributed by atoms with Gasteiger partial charge in [0.15, 0.2) is 0 Å². The Morgan fingerprint density at radius 2 is 1.07 bits per heavy atom. The number of benzene rings is 2. The van der Waals surface area contributed by atoms with Crippen molar-refractivity contribution in [3.63, 3.8) is 0 Å². The van der Waals surface area contributed by atoms with Gasteiger partial charge in [0.1, 0.15) is 0 Å². The van der Waals surface area contributed by atoms with Crippen LogP contribution in [-0.2, 0) is 0 Å². The SMILES string of the molecule is C(#CCSc1nnn(-c2ccccc2)n1)CSc1nnn(-c2ccccc2)n1. The number of thioether (sulfide) groups is 2. The predicted octanol–water partition coefficient (Wildman–Crippen LogP) is 2.53. The van der Waals surface area contributed by atoms with E-state index >= 15 is 0 Å². The van der Waals surface area contributed by atoms with Gasteiger partial charge in [-0.1, -0.05) is 71.8 Å². The van der Waals surface area contributed by atoms with Crippen LogP contribution >= 0.6 is 23.5 Å². The molecule has 2 heterocycles. The van der Waals surface area contributed by atoms with Crippen molar-refractivity contribution in [2.75, 3.05) is 11.5 Å². The monoisotopic (exact) mass is 406 g/mol. The van der Waals surface area contributed by atoms with Crippen LogP contribution in [0.2, 0.25) is 0 Å². The maximum atomic E-state index is 4.33. The summed E-state index contributed by atoms with van der Waals surface area (Å²) < 4.78 is 0. The van der Waals surface area contributed by atoms with Gasteiger partial charge in [0.05, 0.1) is 22.9 Å². The minimum absolute atomic E-state index is 0.588. The summed E-state index contributed by atoms with van der Waals surface area (Å²) >= 11 is 2.89. The lowest BCUT2D eigenvalue weighted by atomic mass is 10.3. The third-order valence-corrected chi connectivity index (χ3v) is 4.86. The second-order valence-corrected chi connectivity index (χ2v) is 7.21. The highest BCUT2D eigenvalue weighted by atomic mass is 32.2. The van der Waals surface area contributed by atoms with Crippen LogP contribution in [0.5, 0.6) is 0 Å². The maximum Gasteiger partial charge on any atom is 0.232 e. The van der Waals surface area contributed by atoms with E-state index in [2.05, 4.69) is 42.7 Å². The first-order chi connectivity index (χ1) is 13.9. The van der Waals surface area contributed by atoms with Crippen LogP contribution in [0.3, 0.4) is 0 Å². The van der Waals surface area contributed by atoms with Crippen LogP contribution in [0.1, 0.15) is 0 Å². The topological polar surface area (TPSA) is 87.2 Å². The molecule has 2 aromatic heterocycles. The van der Waals surface area contributed by atoms with Crippen molar-refractivity contribution in [1.82, 2.24) is 40.4 Å². The smallest absolute Gasteiger partial charge is 0.130 e. The minimum atomic E-state index is 0.588. The molecule has 10 heteroatoms. The van der Waals surface area contributed by atoms with Gasteiger partial charge in [0.2, 0.25) is 10.3 Å². The standard InChI is InChI=1S/C18H14N8S2/c1-3-9-15(10-4-1)25-21-17(19-23-25)27-13-7-8-14-28-18-20-24-26(22-18)16-11-5-2-6-12-16/h1-6,9-12H,13-14H2. The Bertz CT molecular complexity index is 997. The van der Waals surface area contributed by atoms with E-state index in [4.69, 9.17) is 0 Å². The first kappa shape index (κ1) is 18.2. The van der Waals surface area contributed by atoms with Gasteiger partial charge in [-0.05, 0) is 34.7 Å². The van der Waals surface area contributed by atoms with Crippen LogP contribution in [0.15, 0.2) is 71.0 Å². The number of aromatic nitrogens is 8. The molecule has 138 valence electrons. The first-order valence-corrected chi connectivity index (χ1v) is 10.3. The predicted molar refractivity (Wildman–Crippen MR) is 108 cm³/mol. The van der Waals surface area contributed by atoms with E-state index in [0.717, 1.165) is 11.4 Å². The van der Waals surface area contributed by atoms with Crippen molar-refractivity contribution in [1.29, 1.82) is 0 Å². The molecule has 2 aromatic carbocycles. The summed E-state index contributed by atoms with van der Waals surface area (Å²) in [6.07, 6.45) is 0. The summed E-state index contributed by atoms with van der Waals surface area (Å²) in [6, 6.07) is 19.3. The highest BCUT2D eigenvalue weighted by Gasteiger charge is 2.05. The Morgan fingerprint density at radius 3 is 1.50 bits per heavy atom. The van der Waals surface area contributed by atoms with Gasteiger partial charge in [-0.3, -0.25) is 0 Å². The van der Waals surface area contributed by atoms with Crippen molar-refractivity contribution >= 4 is 23.5 Å². The molecule has 0 saturated heterocycles. The van der Waals surface area contributed by atoms with Gasteiger partial charge in [-0.25, -0.2) is 0 Å². The first-order valence-electron chi connectivity index (χ1n) is 8.31. The minimum Gasteiger partial charge on any atom is -0.130 e. The van der Waals surface area contributed by atoms with Gasteiger partial charge in [-0.15, -0.1) is 30.0 Å². The number of rotatable bonds is 6. The van der Waals surface area contributed by atoms with E-state index in [1.807, 2.05) is 60.7 Å². The number of nitrogens with zero attached hydrogens (tertiary/aromatic N) is 8. The summed E-state index contributed by atoms with van der Waals surface area (Å²) in [5.41, 5.74) is 1.75. The van der Waals surface area contributed by atoms with E-state index in [1.54, 1.807) is 0 Å². The van der Waals surface area contributed by atoms with Crippen LogP contribution < -0.4 is 0 Å². The molecule has 0 aliphatic rings. The number of hydrogen-bond acceptors (Lipinski definition) is 8. The van der Waals surface area contributed by atoms with Gasteiger partial charge in [0.25, 0.3) is 0 Å².